The van der Waals surface area contributed by atoms with E-state index in [0.29, 0.717) is 0 Å². The predicted octanol–water partition coefficient (Wildman–Crippen LogP) is 3.68. The van der Waals surface area contributed by atoms with Crippen molar-refractivity contribution in [2.24, 2.45) is 0 Å². The van der Waals surface area contributed by atoms with Crippen LogP contribution in [0.4, 0.5) is 0 Å². The number of rotatable bonds is 7. The molecule has 2 aromatic rings. The zero-order valence-electron chi connectivity index (χ0n) is 15.2. The summed E-state index contributed by atoms with van der Waals surface area (Å²) in [6.07, 6.45) is 1.97. The van der Waals surface area contributed by atoms with Gasteiger partial charge in [0.05, 0.1) is 0 Å². The zero-order chi connectivity index (χ0) is 18.6. The summed E-state index contributed by atoms with van der Waals surface area (Å²) < 4.78 is 2.90. The van der Waals surface area contributed by atoms with E-state index in [1.807, 2.05) is 42.9 Å². The van der Waals surface area contributed by atoms with E-state index < -0.39 is 0 Å². The van der Waals surface area contributed by atoms with Gasteiger partial charge < -0.3 is 0 Å². The molecule has 0 saturated carbocycles. The third-order valence-electron chi connectivity index (χ3n) is 4.35. The van der Waals surface area contributed by atoms with Crippen molar-refractivity contribution in [3.05, 3.63) is 66.2 Å². The van der Waals surface area contributed by atoms with Gasteiger partial charge in [-0.15, -0.1) is 0 Å². The summed E-state index contributed by atoms with van der Waals surface area (Å²) in [4.78, 5) is 0. The molecule has 3 rings (SSSR count). The number of hydrogen-bond acceptors (Lipinski definition) is 4. The average Bonchev–Trinajstić information content (AvgIpc) is 2.96. The van der Waals surface area contributed by atoms with Gasteiger partial charge in [-0.05, 0) is 0 Å². The standard InChI is InChI=1S/C20H27N3O2.Co/c1-3-13-23(14-4-2)22-20(17-10-6-8-12-19(17)25)21-15-16-9-5-7-11-18(16)24;/h5-12,15,20,22,24-25H,3-4,13-14H2,1-2H3;/q-1;+2. The Labute approximate surface area is 162 Å². The van der Waals surface area contributed by atoms with Crippen LogP contribution >= 0.6 is 0 Å². The van der Waals surface area contributed by atoms with Crippen LogP contribution in [0, 0.1) is 6.54 Å². The molecule has 1 saturated heterocycles. The molecule has 1 radical (unpaired) electrons. The molecular formula is C20H27CoN3O2+. The Morgan fingerprint density at radius 2 is 1.62 bits per heavy atom. The molecule has 0 aromatic heterocycles. The molecule has 26 heavy (non-hydrogen) atoms. The molecule has 0 spiro atoms. The summed E-state index contributed by atoms with van der Waals surface area (Å²) in [6, 6.07) is 14.8. The van der Waals surface area contributed by atoms with Gasteiger partial charge in [0.1, 0.15) is 0 Å². The van der Waals surface area contributed by atoms with Crippen LogP contribution in [0.1, 0.15) is 44.0 Å². The van der Waals surface area contributed by atoms with Crippen molar-refractivity contribution in [2.75, 3.05) is 13.1 Å². The van der Waals surface area contributed by atoms with Crippen LogP contribution in [0.2, 0.25) is 0 Å². The number of quaternary nitrogens is 1. The van der Waals surface area contributed by atoms with E-state index in [9.17, 15) is 10.2 Å². The minimum absolute atomic E-state index is 0.158. The average molecular weight is 400 g/mol. The van der Waals surface area contributed by atoms with E-state index >= 15 is 0 Å². The van der Waals surface area contributed by atoms with Gasteiger partial charge in [-0.3, -0.25) is 0 Å². The molecule has 2 aromatic carbocycles. The van der Waals surface area contributed by atoms with Crippen molar-refractivity contribution >= 4 is 0 Å². The van der Waals surface area contributed by atoms with E-state index in [0.717, 1.165) is 55.8 Å². The second-order valence-corrected chi connectivity index (χ2v) is 8.08. The molecular weight excluding hydrogens is 373 g/mol. The van der Waals surface area contributed by atoms with Crippen LogP contribution in [0.15, 0.2) is 48.5 Å². The summed E-state index contributed by atoms with van der Waals surface area (Å²) in [5.74, 6) is 0.539. The number of phenolic OH excluding ortho intramolecular Hbond substituents is 2. The monoisotopic (exact) mass is 400 g/mol. The summed E-state index contributed by atoms with van der Waals surface area (Å²) in [5.41, 5.74) is 5.35. The van der Waals surface area contributed by atoms with Crippen molar-refractivity contribution in [3.8, 4) is 11.5 Å². The Bertz CT molecular complexity index is 735. The molecule has 142 valence electrons. The molecule has 1 fully saturated rings. The fourth-order valence-corrected chi connectivity index (χ4v) is 5.05. The Hall–Kier alpha value is -1.57. The van der Waals surface area contributed by atoms with E-state index in [2.05, 4.69) is 23.2 Å². The molecule has 1 aliphatic rings. The van der Waals surface area contributed by atoms with Crippen molar-refractivity contribution in [2.45, 2.75) is 32.9 Å². The van der Waals surface area contributed by atoms with E-state index in [4.69, 9.17) is 0 Å². The first kappa shape index (κ1) is 19.2. The van der Waals surface area contributed by atoms with Crippen molar-refractivity contribution in [3.63, 3.8) is 0 Å². The third kappa shape index (κ3) is 4.05. The van der Waals surface area contributed by atoms with Crippen LogP contribution in [0.5, 0.6) is 11.5 Å². The fraction of sp³-hybridized carbons (Fsp3) is 0.350. The number of benzene rings is 2. The Morgan fingerprint density at radius 1 is 1.00 bits per heavy atom. The number of nitrogens with zero attached hydrogens (tertiary/aromatic N) is 2. The molecule has 6 heteroatoms. The van der Waals surface area contributed by atoms with Gasteiger partial charge in [0.15, 0.2) is 0 Å². The SMILES string of the molecule is CCC[N+]1(CCC)NC(c2ccccc2O)[N]([CH]c2ccccc2O)[Co]1. The number of phenols is 2. The Kier molecular flexibility index (Phi) is 6.21. The number of aromatic hydroxyl groups is 2. The third-order valence-corrected chi connectivity index (χ3v) is 5.99. The summed E-state index contributed by atoms with van der Waals surface area (Å²) >= 11 is 1.13. The predicted molar refractivity (Wildman–Crippen MR) is 97.9 cm³/mol. The molecule has 3 N–H and O–H groups in total. The van der Waals surface area contributed by atoms with Gasteiger partial charge in [-0.1, -0.05) is 0 Å². The molecule has 1 aliphatic heterocycles. The van der Waals surface area contributed by atoms with Gasteiger partial charge in [0, 0.05) is 0 Å². The molecule has 0 bridgehead atoms. The number of hydrogen-bond donors (Lipinski definition) is 3. The van der Waals surface area contributed by atoms with Gasteiger partial charge in [0.25, 0.3) is 0 Å². The van der Waals surface area contributed by atoms with Crippen LogP contribution in [-0.2, 0) is 15.1 Å². The molecule has 1 unspecified atom stereocenters. The molecule has 0 aliphatic carbocycles. The van der Waals surface area contributed by atoms with Gasteiger partial charge >= 0.3 is 162 Å². The van der Waals surface area contributed by atoms with E-state index in [1.165, 1.54) is 0 Å². The van der Waals surface area contributed by atoms with E-state index in [-0.39, 0.29) is 17.7 Å². The molecule has 1 heterocycles. The zero-order valence-corrected chi connectivity index (χ0v) is 16.3. The first-order valence-corrected chi connectivity index (χ1v) is 9.98. The first-order valence-electron chi connectivity index (χ1n) is 9.05. The topological polar surface area (TPSA) is 55.7 Å². The quantitative estimate of drug-likeness (QED) is 0.664. The minimum atomic E-state index is -0.158. The summed E-state index contributed by atoms with van der Waals surface area (Å²) in [7, 11) is 0. The Morgan fingerprint density at radius 3 is 2.23 bits per heavy atom. The van der Waals surface area contributed by atoms with Crippen molar-refractivity contribution < 1.29 is 29.0 Å². The van der Waals surface area contributed by atoms with E-state index in [1.54, 1.807) is 12.1 Å². The maximum atomic E-state index is 10.4. The van der Waals surface area contributed by atoms with Crippen LogP contribution < -0.4 is 5.43 Å². The Balaban J connectivity index is 1.94. The van der Waals surface area contributed by atoms with Crippen LogP contribution in [0.25, 0.3) is 0 Å². The van der Waals surface area contributed by atoms with Gasteiger partial charge in [-0.25, -0.2) is 0 Å². The van der Waals surface area contributed by atoms with Gasteiger partial charge in [-0.2, -0.15) is 0 Å². The van der Waals surface area contributed by atoms with Gasteiger partial charge in [0.2, 0.25) is 0 Å². The maximum absolute atomic E-state index is 10.4. The van der Waals surface area contributed by atoms with Crippen molar-refractivity contribution in [1.82, 2.24) is 9.37 Å². The molecule has 0 amide bonds. The second-order valence-electron chi connectivity index (χ2n) is 6.44. The summed E-state index contributed by atoms with van der Waals surface area (Å²) in [5, 5.41) is 20.6. The summed E-state index contributed by atoms with van der Waals surface area (Å²) in [6.45, 7) is 8.37. The van der Waals surface area contributed by atoms with Crippen molar-refractivity contribution in [1.29, 1.82) is 0 Å². The normalized spacial score (nSPS) is 20.0. The first-order chi connectivity index (χ1) is 12.6. The molecule has 5 nitrogen and oxygen atoms in total. The van der Waals surface area contributed by atoms with Crippen LogP contribution in [0.3, 0.4) is 0 Å². The number of nitrogens with one attached hydrogen (secondary N) is 1. The number of para-hydroxylation sites is 2. The fourth-order valence-electron chi connectivity index (χ4n) is 3.20. The van der Waals surface area contributed by atoms with Crippen LogP contribution in [-0.4, -0.2) is 30.9 Å². The second kappa shape index (κ2) is 8.41. The molecule has 1 atom stereocenters.